The normalized spacial score (nSPS) is 11.6. The Bertz CT molecular complexity index is 834. The molecule has 0 saturated heterocycles. The van der Waals surface area contributed by atoms with Crippen LogP contribution in [0.3, 0.4) is 0 Å². The molecule has 0 radical (unpaired) electrons. The number of carbonyl (C=O) groups is 2. The topological polar surface area (TPSA) is 127 Å². The van der Waals surface area contributed by atoms with Crippen LogP contribution in [0.4, 0.5) is 0 Å². The van der Waals surface area contributed by atoms with Crippen molar-refractivity contribution >= 4 is 11.9 Å². The van der Waals surface area contributed by atoms with Crippen LogP contribution in [-0.4, -0.2) is 22.2 Å². The average Bonchev–Trinajstić information content (AvgIpc) is 2.75. The Kier molecular flexibility index (Phi) is 10.5. The van der Waals surface area contributed by atoms with Gasteiger partial charge in [-0.1, -0.05) is 72.8 Å². The molecule has 0 aliphatic rings. The lowest BCUT2D eigenvalue weighted by molar-refractivity contribution is 0.0651. The lowest BCUT2D eigenvalue weighted by atomic mass is 10.1. The Hall–Kier alpha value is -3.48. The van der Waals surface area contributed by atoms with E-state index in [0.717, 1.165) is 0 Å². The van der Waals surface area contributed by atoms with Gasteiger partial charge < -0.3 is 21.7 Å². The van der Waals surface area contributed by atoms with Crippen LogP contribution < -0.4 is 11.5 Å². The number of hydrogen-bond donors (Lipinski definition) is 4. The fraction of sp³-hybridized carbons (Fsp3) is 0.167. The number of nitrogens with two attached hydrogens (primary N) is 2. The maximum absolute atomic E-state index is 10.5. The molecule has 3 aromatic rings. The van der Waals surface area contributed by atoms with Crippen molar-refractivity contribution in [3.05, 3.63) is 107 Å². The van der Waals surface area contributed by atoms with E-state index in [9.17, 15) is 9.59 Å². The highest BCUT2D eigenvalue weighted by molar-refractivity contribution is 6.01. The quantitative estimate of drug-likeness (QED) is 0.503. The van der Waals surface area contributed by atoms with Crippen molar-refractivity contribution < 1.29 is 19.8 Å². The SMILES string of the molecule is C[C@@H](N)c1ccccc1.C[C@@H](N)c1ccccc1.O=C(O)c1ccccc1C(=O)O. The molecular weight excluding hydrogens is 380 g/mol. The minimum atomic E-state index is -1.23. The molecule has 158 valence electrons. The molecule has 6 N–H and O–H groups in total. The maximum atomic E-state index is 10.5. The molecule has 0 spiro atoms. The first-order chi connectivity index (χ1) is 14.2. The van der Waals surface area contributed by atoms with Crippen LogP contribution in [0.5, 0.6) is 0 Å². The van der Waals surface area contributed by atoms with E-state index >= 15 is 0 Å². The van der Waals surface area contributed by atoms with Gasteiger partial charge in [0.05, 0.1) is 11.1 Å². The molecule has 3 rings (SSSR count). The molecule has 0 amide bonds. The van der Waals surface area contributed by atoms with Gasteiger partial charge in [-0.3, -0.25) is 0 Å². The smallest absolute Gasteiger partial charge is 0.336 e. The second-order valence-corrected chi connectivity index (χ2v) is 6.55. The Labute approximate surface area is 176 Å². The number of hydrogen-bond acceptors (Lipinski definition) is 4. The molecule has 6 heteroatoms. The van der Waals surface area contributed by atoms with Crippen molar-refractivity contribution in [2.24, 2.45) is 11.5 Å². The van der Waals surface area contributed by atoms with E-state index in [2.05, 4.69) is 0 Å². The largest absolute Gasteiger partial charge is 0.478 e. The molecule has 0 fully saturated rings. The summed E-state index contributed by atoms with van der Waals surface area (Å²) in [4.78, 5) is 20.9. The number of aromatic carboxylic acids is 2. The summed E-state index contributed by atoms with van der Waals surface area (Å²) >= 11 is 0. The van der Waals surface area contributed by atoms with Gasteiger partial charge in [-0.15, -0.1) is 0 Å². The van der Waals surface area contributed by atoms with Crippen molar-refractivity contribution in [1.82, 2.24) is 0 Å². The van der Waals surface area contributed by atoms with Crippen LogP contribution >= 0.6 is 0 Å². The van der Waals surface area contributed by atoms with Crippen LogP contribution in [0.1, 0.15) is 57.8 Å². The molecule has 3 aromatic carbocycles. The van der Waals surface area contributed by atoms with E-state index in [-0.39, 0.29) is 23.2 Å². The Morgan fingerprint density at radius 2 is 0.867 bits per heavy atom. The van der Waals surface area contributed by atoms with Gasteiger partial charge >= 0.3 is 11.9 Å². The summed E-state index contributed by atoms with van der Waals surface area (Å²) in [5.74, 6) is -2.46. The van der Waals surface area contributed by atoms with Gasteiger partial charge in [0.2, 0.25) is 0 Å². The lowest BCUT2D eigenvalue weighted by Crippen LogP contribution is -2.06. The molecule has 0 bridgehead atoms. The summed E-state index contributed by atoms with van der Waals surface area (Å²) in [6, 6.07) is 25.9. The third-order valence-electron chi connectivity index (χ3n) is 4.04. The third kappa shape index (κ3) is 8.68. The Balaban J connectivity index is 0.000000229. The third-order valence-corrected chi connectivity index (χ3v) is 4.04. The van der Waals surface area contributed by atoms with Gasteiger partial charge in [0.25, 0.3) is 0 Å². The zero-order valence-corrected chi connectivity index (χ0v) is 17.1. The van der Waals surface area contributed by atoms with E-state index in [1.165, 1.54) is 35.4 Å². The summed E-state index contributed by atoms with van der Waals surface area (Å²) in [6.07, 6.45) is 0. The van der Waals surface area contributed by atoms with E-state index < -0.39 is 11.9 Å². The Morgan fingerprint density at radius 3 is 1.07 bits per heavy atom. The zero-order valence-electron chi connectivity index (χ0n) is 17.1. The van der Waals surface area contributed by atoms with Crippen LogP contribution in [0.2, 0.25) is 0 Å². The maximum Gasteiger partial charge on any atom is 0.336 e. The number of carboxylic acids is 2. The minimum absolute atomic E-state index is 0.159. The van der Waals surface area contributed by atoms with Crippen LogP contribution in [0.15, 0.2) is 84.9 Å². The van der Waals surface area contributed by atoms with Gasteiger partial charge in [0.15, 0.2) is 0 Å². The fourth-order valence-corrected chi connectivity index (χ4v) is 2.37. The van der Waals surface area contributed by atoms with E-state index in [1.54, 1.807) is 0 Å². The number of benzene rings is 3. The second-order valence-electron chi connectivity index (χ2n) is 6.55. The molecule has 0 unspecified atom stereocenters. The summed E-state index contributed by atoms with van der Waals surface area (Å²) < 4.78 is 0. The van der Waals surface area contributed by atoms with E-state index in [4.69, 9.17) is 21.7 Å². The Morgan fingerprint density at radius 1 is 0.600 bits per heavy atom. The highest BCUT2D eigenvalue weighted by atomic mass is 16.4. The highest BCUT2D eigenvalue weighted by Crippen LogP contribution is 2.08. The van der Waals surface area contributed by atoms with Gasteiger partial charge in [-0.05, 0) is 37.1 Å². The van der Waals surface area contributed by atoms with Crippen molar-refractivity contribution in [3.63, 3.8) is 0 Å². The summed E-state index contributed by atoms with van der Waals surface area (Å²) in [5, 5.41) is 17.1. The number of rotatable bonds is 4. The average molecular weight is 408 g/mol. The first-order valence-corrected chi connectivity index (χ1v) is 9.40. The van der Waals surface area contributed by atoms with Crippen molar-refractivity contribution in [2.75, 3.05) is 0 Å². The van der Waals surface area contributed by atoms with Crippen LogP contribution in [0, 0.1) is 0 Å². The van der Waals surface area contributed by atoms with Gasteiger partial charge in [0.1, 0.15) is 0 Å². The van der Waals surface area contributed by atoms with Gasteiger partial charge in [0, 0.05) is 12.1 Å². The van der Waals surface area contributed by atoms with Crippen molar-refractivity contribution in [3.8, 4) is 0 Å². The molecule has 0 aromatic heterocycles. The molecule has 0 aliphatic carbocycles. The molecule has 6 nitrogen and oxygen atoms in total. The predicted molar refractivity (Wildman–Crippen MR) is 118 cm³/mol. The van der Waals surface area contributed by atoms with Gasteiger partial charge in [-0.2, -0.15) is 0 Å². The van der Waals surface area contributed by atoms with Crippen LogP contribution in [0.25, 0.3) is 0 Å². The minimum Gasteiger partial charge on any atom is -0.478 e. The molecule has 30 heavy (non-hydrogen) atoms. The zero-order chi connectivity index (χ0) is 22.5. The lowest BCUT2D eigenvalue weighted by Gasteiger charge is -2.02. The molecule has 2 atom stereocenters. The molecule has 0 saturated carbocycles. The summed E-state index contributed by atoms with van der Waals surface area (Å²) in [6.45, 7) is 3.96. The van der Waals surface area contributed by atoms with E-state index in [1.807, 2.05) is 74.5 Å². The van der Waals surface area contributed by atoms with Gasteiger partial charge in [-0.25, -0.2) is 9.59 Å². The number of carboxylic acid groups (broad SMARTS) is 2. The predicted octanol–water partition coefficient (Wildman–Crippen LogP) is 4.50. The van der Waals surface area contributed by atoms with Crippen molar-refractivity contribution in [1.29, 1.82) is 0 Å². The molecule has 0 aliphatic heterocycles. The fourth-order valence-electron chi connectivity index (χ4n) is 2.37. The van der Waals surface area contributed by atoms with E-state index in [0.29, 0.717) is 0 Å². The summed E-state index contributed by atoms with van der Waals surface area (Å²) in [5.41, 5.74) is 13.2. The van der Waals surface area contributed by atoms with Crippen molar-refractivity contribution in [2.45, 2.75) is 25.9 Å². The standard InChI is InChI=1S/2C8H11N.C8H6O4/c2*1-7(9)8-5-3-2-4-6-8;9-7(10)5-3-1-2-4-6(5)8(11)12/h2*2-7H,9H2,1H3;1-4H,(H,9,10)(H,11,12)/t2*7-;/m11./s1. The second kappa shape index (κ2) is 12.9. The summed E-state index contributed by atoms with van der Waals surface area (Å²) in [7, 11) is 0. The highest BCUT2D eigenvalue weighted by Gasteiger charge is 2.13. The van der Waals surface area contributed by atoms with Crippen LogP contribution in [-0.2, 0) is 0 Å². The monoisotopic (exact) mass is 408 g/mol. The first-order valence-electron chi connectivity index (χ1n) is 9.40. The molecule has 0 heterocycles. The first kappa shape index (κ1) is 24.6. The molecular formula is C24H28N2O4.